The number of anilines is 1. The molecule has 1 N–H and O–H groups in total. The molecule has 0 saturated heterocycles. The quantitative estimate of drug-likeness (QED) is 0.662. The van der Waals surface area contributed by atoms with Crippen LogP contribution in [0.3, 0.4) is 0 Å². The zero-order valence-corrected chi connectivity index (χ0v) is 9.58. The van der Waals surface area contributed by atoms with Crippen molar-refractivity contribution in [2.24, 2.45) is 0 Å². The van der Waals surface area contributed by atoms with E-state index >= 15 is 0 Å². The molecule has 0 aliphatic carbocycles. The molecule has 0 aromatic carbocycles. The Hall–Kier alpha value is -1.08. The summed E-state index contributed by atoms with van der Waals surface area (Å²) in [5, 5.41) is 3.15. The van der Waals surface area contributed by atoms with Crippen LogP contribution >= 0.6 is 15.9 Å². The van der Waals surface area contributed by atoms with E-state index in [0.29, 0.717) is 0 Å². The van der Waals surface area contributed by atoms with Crippen molar-refractivity contribution in [2.45, 2.75) is 25.8 Å². The van der Waals surface area contributed by atoms with Gasteiger partial charge in [-0.1, -0.05) is 19.3 Å². The lowest BCUT2D eigenvalue weighted by Gasteiger charge is -2.11. The molecule has 4 heteroatoms. The van der Waals surface area contributed by atoms with Gasteiger partial charge in [-0.05, 0) is 22.4 Å². The predicted molar refractivity (Wildman–Crippen MR) is 60.9 cm³/mol. The lowest BCUT2D eigenvalue weighted by atomic mass is 10.2. The van der Waals surface area contributed by atoms with E-state index in [1.54, 1.807) is 6.07 Å². The topological polar surface area (TPSA) is 37.8 Å². The Balaban J connectivity index is 2.63. The molecule has 1 rings (SSSR count). The first-order valence-electron chi connectivity index (χ1n) is 4.46. The molecule has 14 heavy (non-hydrogen) atoms. The van der Waals surface area contributed by atoms with E-state index in [1.165, 1.54) is 6.33 Å². The van der Waals surface area contributed by atoms with Crippen molar-refractivity contribution < 1.29 is 0 Å². The normalized spacial score (nSPS) is 11.8. The van der Waals surface area contributed by atoms with Crippen molar-refractivity contribution in [1.82, 2.24) is 9.97 Å². The minimum absolute atomic E-state index is 0.0433. The summed E-state index contributed by atoms with van der Waals surface area (Å²) >= 11 is 3.27. The van der Waals surface area contributed by atoms with Crippen LogP contribution in [0.2, 0.25) is 0 Å². The van der Waals surface area contributed by atoms with Gasteiger partial charge in [0.15, 0.2) is 0 Å². The average molecular weight is 254 g/mol. The lowest BCUT2D eigenvalue weighted by molar-refractivity contribution is 0.752. The Morgan fingerprint density at radius 3 is 3.00 bits per heavy atom. The Labute approximate surface area is 92.5 Å². The summed E-state index contributed by atoms with van der Waals surface area (Å²) in [5.41, 5.74) is 0. The summed E-state index contributed by atoms with van der Waals surface area (Å²) in [4.78, 5) is 7.99. The van der Waals surface area contributed by atoms with E-state index in [0.717, 1.165) is 23.3 Å². The molecule has 0 fully saturated rings. The number of hydrogen-bond acceptors (Lipinski definition) is 3. The molecular formula is C10H12BrN3. The fourth-order valence-electron chi connectivity index (χ4n) is 1.08. The fraction of sp³-hybridized carbons (Fsp3) is 0.400. The molecule has 0 radical (unpaired) electrons. The van der Waals surface area contributed by atoms with Gasteiger partial charge in [0.2, 0.25) is 0 Å². The van der Waals surface area contributed by atoms with Crippen molar-refractivity contribution >= 4 is 21.7 Å². The second-order valence-electron chi connectivity index (χ2n) is 2.88. The summed E-state index contributed by atoms with van der Waals surface area (Å²) in [6, 6.07) is 1.85. The standard InChI is InChI=1S/C10H12BrN3/c1-3-5-8(4-2)14-10-6-9(11)12-7-13-10/h2,6-8H,3,5H2,1H3,(H,12,13,14). The first kappa shape index (κ1) is 11.0. The molecule has 1 atom stereocenters. The highest BCUT2D eigenvalue weighted by Crippen LogP contribution is 2.11. The van der Waals surface area contributed by atoms with Crippen molar-refractivity contribution in [3.8, 4) is 12.3 Å². The van der Waals surface area contributed by atoms with E-state index in [1.807, 2.05) is 0 Å². The van der Waals surface area contributed by atoms with Gasteiger partial charge in [-0.3, -0.25) is 0 Å². The third kappa shape index (κ3) is 3.35. The van der Waals surface area contributed by atoms with Gasteiger partial charge in [0.1, 0.15) is 16.7 Å². The molecule has 3 nitrogen and oxygen atoms in total. The van der Waals surface area contributed by atoms with Crippen LogP contribution in [0, 0.1) is 12.3 Å². The number of aromatic nitrogens is 2. The van der Waals surface area contributed by atoms with Crippen molar-refractivity contribution in [1.29, 1.82) is 0 Å². The fourth-order valence-corrected chi connectivity index (χ4v) is 1.39. The van der Waals surface area contributed by atoms with Crippen LogP contribution in [0.1, 0.15) is 19.8 Å². The molecule has 1 unspecified atom stereocenters. The first-order valence-corrected chi connectivity index (χ1v) is 5.25. The van der Waals surface area contributed by atoms with Gasteiger partial charge >= 0.3 is 0 Å². The van der Waals surface area contributed by atoms with Crippen molar-refractivity contribution in [3.63, 3.8) is 0 Å². The Bertz CT molecular complexity index is 332. The van der Waals surface area contributed by atoms with Crippen LogP contribution in [-0.4, -0.2) is 16.0 Å². The smallest absolute Gasteiger partial charge is 0.131 e. The molecule has 0 spiro atoms. The van der Waals surface area contributed by atoms with Crippen LogP contribution in [0.25, 0.3) is 0 Å². The van der Waals surface area contributed by atoms with E-state index < -0.39 is 0 Å². The maximum atomic E-state index is 5.38. The van der Waals surface area contributed by atoms with Gasteiger partial charge in [-0.2, -0.15) is 0 Å². The molecule has 0 bridgehead atoms. The number of terminal acetylenes is 1. The molecule has 0 amide bonds. The van der Waals surface area contributed by atoms with Crippen LogP contribution in [0.15, 0.2) is 17.0 Å². The van der Waals surface area contributed by atoms with Gasteiger partial charge in [-0.25, -0.2) is 9.97 Å². The minimum atomic E-state index is 0.0433. The van der Waals surface area contributed by atoms with Crippen LogP contribution in [-0.2, 0) is 0 Å². The Morgan fingerprint density at radius 1 is 1.64 bits per heavy atom. The number of nitrogens with zero attached hydrogens (tertiary/aromatic N) is 2. The molecule has 1 aromatic rings. The van der Waals surface area contributed by atoms with Gasteiger partial charge in [-0.15, -0.1) is 6.42 Å². The van der Waals surface area contributed by atoms with Gasteiger partial charge in [0.25, 0.3) is 0 Å². The van der Waals surface area contributed by atoms with Crippen LogP contribution in [0.4, 0.5) is 5.82 Å². The number of hydrogen-bond donors (Lipinski definition) is 1. The minimum Gasteiger partial charge on any atom is -0.356 e. The highest BCUT2D eigenvalue weighted by Gasteiger charge is 2.04. The Kier molecular flexibility index (Phi) is 4.41. The van der Waals surface area contributed by atoms with Crippen LogP contribution in [0.5, 0.6) is 0 Å². The maximum absolute atomic E-state index is 5.38. The van der Waals surface area contributed by atoms with E-state index in [4.69, 9.17) is 6.42 Å². The predicted octanol–water partition coefficient (Wildman–Crippen LogP) is 2.45. The monoisotopic (exact) mass is 253 g/mol. The zero-order chi connectivity index (χ0) is 10.4. The maximum Gasteiger partial charge on any atom is 0.131 e. The second kappa shape index (κ2) is 5.61. The Morgan fingerprint density at radius 2 is 2.43 bits per heavy atom. The molecule has 1 heterocycles. The summed E-state index contributed by atoms with van der Waals surface area (Å²) in [5.74, 6) is 3.44. The third-order valence-corrected chi connectivity index (χ3v) is 2.17. The number of halogens is 1. The van der Waals surface area contributed by atoms with E-state index in [2.05, 4.69) is 44.1 Å². The summed E-state index contributed by atoms with van der Waals surface area (Å²) in [6.45, 7) is 2.10. The summed E-state index contributed by atoms with van der Waals surface area (Å²) in [6.07, 6.45) is 8.86. The highest BCUT2D eigenvalue weighted by molar-refractivity contribution is 9.10. The van der Waals surface area contributed by atoms with Gasteiger partial charge in [0, 0.05) is 6.07 Å². The van der Waals surface area contributed by atoms with Gasteiger partial charge in [0.05, 0.1) is 6.04 Å². The molecule has 74 valence electrons. The molecule has 0 aliphatic rings. The SMILES string of the molecule is C#CC(CCC)Nc1cc(Br)ncn1. The molecule has 0 saturated carbocycles. The lowest BCUT2D eigenvalue weighted by Crippen LogP contribution is -2.17. The molecule has 0 aliphatic heterocycles. The van der Waals surface area contributed by atoms with E-state index in [-0.39, 0.29) is 6.04 Å². The van der Waals surface area contributed by atoms with Crippen LogP contribution < -0.4 is 5.32 Å². The van der Waals surface area contributed by atoms with Crippen molar-refractivity contribution in [3.05, 3.63) is 17.0 Å². The largest absolute Gasteiger partial charge is 0.356 e. The summed E-state index contributed by atoms with van der Waals surface area (Å²) in [7, 11) is 0. The molecule has 1 aromatic heterocycles. The summed E-state index contributed by atoms with van der Waals surface area (Å²) < 4.78 is 0.752. The second-order valence-corrected chi connectivity index (χ2v) is 3.69. The highest BCUT2D eigenvalue weighted by atomic mass is 79.9. The van der Waals surface area contributed by atoms with Crippen molar-refractivity contribution in [2.75, 3.05) is 5.32 Å². The zero-order valence-electron chi connectivity index (χ0n) is 8.00. The van der Waals surface area contributed by atoms with E-state index in [9.17, 15) is 0 Å². The van der Waals surface area contributed by atoms with Gasteiger partial charge < -0.3 is 5.32 Å². The first-order chi connectivity index (χ1) is 6.76. The average Bonchev–Trinajstić information content (AvgIpc) is 2.17. The number of nitrogens with one attached hydrogen (secondary N) is 1. The third-order valence-electron chi connectivity index (χ3n) is 1.73. The number of rotatable bonds is 4. The molecular weight excluding hydrogens is 242 g/mol.